The lowest BCUT2D eigenvalue weighted by molar-refractivity contribution is 0.859. The van der Waals surface area contributed by atoms with Crippen LogP contribution in [0.4, 0.5) is 0 Å². The smallest absolute Gasteiger partial charge is 0.0562 e. The molecule has 2 atom stereocenters. The van der Waals surface area contributed by atoms with Crippen molar-refractivity contribution in [1.29, 1.82) is 0 Å². The molecule has 0 aromatic heterocycles. The highest BCUT2D eigenvalue weighted by Gasteiger charge is 2.24. The number of halogens is 2. The van der Waals surface area contributed by atoms with Crippen LogP contribution in [0.15, 0.2) is 0 Å². The molecule has 0 radical (unpaired) electrons. The van der Waals surface area contributed by atoms with E-state index < -0.39 is 0 Å². The van der Waals surface area contributed by atoms with Gasteiger partial charge in [-0.2, -0.15) is 0 Å². The predicted octanol–water partition coefficient (Wildman–Crippen LogP) is 6.54. The fraction of sp³-hybridized carbons (Fsp3) is 0.667. The van der Waals surface area contributed by atoms with Crippen molar-refractivity contribution in [1.82, 2.24) is 0 Å². The summed E-state index contributed by atoms with van der Waals surface area (Å²) >= 11 is 13.1. The van der Waals surface area contributed by atoms with Gasteiger partial charge < -0.3 is 0 Å². The molecule has 0 saturated heterocycles. The Hall–Kier alpha value is -0.200. The maximum absolute atomic E-state index is 6.53. The molecule has 1 aromatic carbocycles. The van der Waals surface area contributed by atoms with Crippen LogP contribution in [0.3, 0.4) is 0 Å². The van der Waals surface area contributed by atoms with Gasteiger partial charge in [0.15, 0.2) is 0 Å². The Bertz CT molecular complexity index is 383. The van der Waals surface area contributed by atoms with Crippen LogP contribution in [0.1, 0.15) is 85.7 Å². The van der Waals surface area contributed by atoms with Crippen molar-refractivity contribution < 1.29 is 0 Å². The zero-order valence-electron chi connectivity index (χ0n) is 13.7. The summed E-state index contributed by atoms with van der Waals surface area (Å²) in [4.78, 5) is 0. The summed E-state index contributed by atoms with van der Waals surface area (Å²) < 4.78 is 0. The van der Waals surface area contributed by atoms with Crippen LogP contribution in [-0.4, -0.2) is 0 Å². The third kappa shape index (κ3) is 3.17. The Labute approximate surface area is 134 Å². The molecule has 0 aliphatic rings. The lowest BCUT2D eigenvalue weighted by Gasteiger charge is -2.27. The van der Waals surface area contributed by atoms with Crippen molar-refractivity contribution in [2.75, 3.05) is 0 Å². The molecule has 2 heteroatoms. The summed E-state index contributed by atoms with van der Waals surface area (Å²) in [5, 5.41) is 0.130. The van der Waals surface area contributed by atoms with Gasteiger partial charge in [-0.25, -0.2) is 0 Å². The molecule has 1 rings (SSSR count). The fourth-order valence-electron chi connectivity index (χ4n) is 3.59. The summed E-state index contributed by atoms with van der Waals surface area (Å²) in [6.07, 6.45) is 4.12. The minimum Gasteiger partial charge on any atom is -0.118 e. The molecule has 0 spiro atoms. The lowest BCUT2D eigenvalue weighted by atomic mass is 9.81. The van der Waals surface area contributed by atoms with Crippen molar-refractivity contribution >= 4 is 23.2 Å². The van der Waals surface area contributed by atoms with Crippen LogP contribution in [0.5, 0.6) is 0 Å². The van der Waals surface area contributed by atoms with E-state index in [4.69, 9.17) is 23.2 Å². The molecule has 0 amide bonds. The van der Waals surface area contributed by atoms with Gasteiger partial charge in [-0.05, 0) is 72.9 Å². The fourth-order valence-corrected chi connectivity index (χ4v) is 4.12. The van der Waals surface area contributed by atoms with Gasteiger partial charge in [0.05, 0.1) is 10.8 Å². The number of rotatable bonds is 6. The van der Waals surface area contributed by atoms with E-state index in [1.54, 1.807) is 0 Å². The predicted molar refractivity (Wildman–Crippen MR) is 92.5 cm³/mol. The van der Waals surface area contributed by atoms with Crippen LogP contribution in [0.2, 0.25) is 0 Å². The topological polar surface area (TPSA) is 0 Å². The Morgan fingerprint density at radius 1 is 0.600 bits per heavy atom. The summed E-state index contributed by atoms with van der Waals surface area (Å²) in [7, 11) is 0. The number of alkyl halides is 2. The highest BCUT2D eigenvalue weighted by molar-refractivity contribution is 6.21. The van der Waals surface area contributed by atoms with Gasteiger partial charge >= 0.3 is 0 Å². The third-order valence-electron chi connectivity index (χ3n) is 4.24. The van der Waals surface area contributed by atoms with Gasteiger partial charge in [-0.15, -0.1) is 23.2 Å². The monoisotopic (exact) mass is 314 g/mol. The zero-order chi connectivity index (χ0) is 15.4. The van der Waals surface area contributed by atoms with Gasteiger partial charge in [0, 0.05) is 0 Å². The Kier molecular flexibility index (Phi) is 6.88. The van der Waals surface area contributed by atoms with E-state index in [0.717, 1.165) is 25.7 Å². The summed E-state index contributed by atoms with van der Waals surface area (Å²) in [6.45, 7) is 13.1. The van der Waals surface area contributed by atoms with E-state index in [-0.39, 0.29) is 10.8 Å². The Morgan fingerprint density at radius 3 is 0.900 bits per heavy atom. The maximum Gasteiger partial charge on any atom is 0.0562 e. The normalized spacial score (nSPS) is 14.4. The van der Waals surface area contributed by atoms with E-state index in [1.165, 1.54) is 33.4 Å². The van der Waals surface area contributed by atoms with Gasteiger partial charge in [-0.3, -0.25) is 0 Å². The first-order valence-electron chi connectivity index (χ1n) is 7.91. The molecular weight excluding hydrogens is 287 g/mol. The molecule has 20 heavy (non-hydrogen) atoms. The number of benzene rings is 1. The van der Waals surface area contributed by atoms with E-state index in [9.17, 15) is 0 Å². The van der Waals surface area contributed by atoms with E-state index in [2.05, 4.69) is 41.5 Å². The first-order chi connectivity index (χ1) is 9.44. The minimum atomic E-state index is 0.0650. The largest absolute Gasteiger partial charge is 0.118 e. The third-order valence-corrected chi connectivity index (χ3v) is 4.68. The van der Waals surface area contributed by atoms with Crippen LogP contribution in [-0.2, 0) is 25.7 Å². The molecule has 0 aliphatic carbocycles. The van der Waals surface area contributed by atoms with Gasteiger partial charge in [0.2, 0.25) is 0 Å². The second-order valence-corrected chi connectivity index (χ2v) is 6.70. The lowest BCUT2D eigenvalue weighted by Crippen LogP contribution is -2.13. The second kappa shape index (κ2) is 7.71. The van der Waals surface area contributed by atoms with Crippen LogP contribution < -0.4 is 0 Å². The van der Waals surface area contributed by atoms with Crippen molar-refractivity contribution in [2.45, 2.75) is 78.0 Å². The van der Waals surface area contributed by atoms with E-state index in [0.29, 0.717) is 0 Å². The SMILES string of the molecule is CCc1c(CC)c(C(C)Cl)c(CC)c(CC)c1C(C)Cl. The van der Waals surface area contributed by atoms with E-state index in [1.807, 2.05) is 0 Å². The summed E-state index contributed by atoms with van der Waals surface area (Å²) in [5.41, 5.74) is 8.48. The molecule has 0 nitrogen and oxygen atoms in total. The molecule has 0 aliphatic heterocycles. The zero-order valence-corrected chi connectivity index (χ0v) is 15.3. The molecular formula is C18H28Cl2. The van der Waals surface area contributed by atoms with Gasteiger partial charge in [0.25, 0.3) is 0 Å². The standard InChI is InChI=1S/C18H28Cl2/c1-7-13-14(8-2)18(12(6)20)16(10-4)15(9-3)17(13)11(5)19/h11-12H,7-10H2,1-6H3. The number of hydrogen-bond acceptors (Lipinski definition) is 0. The van der Waals surface area contributed by atoms with Crippen molar-refractivity contribution in [2.24, 2.45) is 0 Å². The first kappa shape index (κ1) is 17.9. The molecule has 0 fully saturated rings. The Morgan fingerprint density at radius 2 is 0.800 bits per heavy atom. The first-order valence-corrected chi connectivity index (χ1v) is 8.78. The molecule has 0 heterocycles. The van der Waals surface area contributed by atoms with E-state index >= 15 is 0 Å². The average Bonchev–Trinajstić information content (AvgIpc) is 2.42. The highest BCUT2D eigenvalue weighted by Crippen LogP contribution is 2.40. The molecule has 114 valence electrons. The average molecular weight is 315 g/mol. The molecule has 2 unspecified atom stereocenters. The van der Waals surface area contributed by atoms with Crippen LogP contribution >= 0.6 is 23.2 Å². The minimum absolute atomic E-state index is 0.0650. The molecule has 0 bridgehead atoms. The van der Waals surface area contributed by atoms with Crippen molar-refractivity contribution in [3.05, 3.63) is 33.4 Å². The second-order valence-electron chi connectivity index (χ2n) is 5.39. The van der Waals surface area contributed by atoms with Gasteiger partial charge in [-0.1, -0.05) is 27.7 Å². The quantitative estimate of drug-likeness (QED) is 0.523. The Balaban J connectivity index is 3.88. The van der Waals surface area contributed by atoms with Crippen LogP contribution in [0.25, 0.3) is 0 Å². The highest BCUT2D eigenvalue weighted by atomic mass is 35.5. The molecule has 0 saturated carbocycles. The summed E-state index contributed by atoms with van der Waals surface area (Å²) in [6, 6.07) is 0. The van der Waals surface area contributed by atoms with Crippen molar-refractivity contribution in [3.63, 3.8) is 0 Å². The van der Waals surface area contributed by atoms with Gasteiger partial charge in [0.1, 0.15) is 0 Å². The maximum atomic E-state index is 6.53. The van der Waals surface area contributed by atoms with Crippen LogP contribution in [0, 0.1) is 0 Å². The number of hydrogen-bond donors (Lipinski definition) is 0. The summed E-state index contributed by atoms with van der Waals surface area (Å²) in [5.74, 6) is 0. The van der Waals surface area contributed by atoms with Crippen molar-refractivity contribution in [3.8, 4) is 0 Å². The molecule has 1 aromatic rings. The molecule has 0 N–H and O–H groups in total.